The molecule has 1 amide bonds. The van der Waals surface area contributed by atoms with E-state index in [2.05, 4.69) is 31.4 Å². The Morgan fingerprint density at radius 3 is 2.55 bits per heavy atom. The van der Waals surface area contributed by atoms with Crippen molar-refractivity contribution in [3.8, 4) is 11.1 Å². The van der Waals surface area contributed by atoms with Crippen molar-refractivity contribution in [3.05, 3.63) is 69.0 Å². The fraction of sp³-hybridized carbons (Fsp3) is 0.0952. The van der Waals surface area contributed by atoms with Gasteiger partial charge in [-0.15, -0.1) is 11.3 Å². The van der Waals surface area contributed by atoms with E-state index in [0.29, 0.717) is 11.5 Å². The normalized spacial score (nSPS) is 10.8. The van der Waals surface area contributed by atoms with Crippen LogP contribution in [0.2, 0.25) is 0 Å². The third-order valence-corrected chi connectivity index (χ3v) is 5.93. The number of hydrogen-bond donors (Lipinski definition) is 2. The zero-order chi connectivity index (χ0) is 20.4. The number of nitrogens with one attached hydrogen (secondary N) is 2. The molecule has 2 aromatic heterocycles. The van der Waals surface area contributed by atoms with Gasteiger partial charge < -0.3 is 10.1 Å². The van der Waals surface area contributed by atoms with Crippen molar-refractivity contribution in [1.82, 2.24) is 10.2 Å². The van der Waals surface area contributed by atoms with Crippen LogP contribution in [0.4, 0.5) is 5.69 Å². The molecule has 0 bridgehead atoms. The summed E-state index contributed by atoms with van der Waals surface area (Å²) in [4.78, 5) is 24.9. The number of anilines is 1. The summed E-state index contributed by atoms with van der Waals surface area (Å²) < 4.78 is 5.94. The number of fused-ring (bicyclic) bond motifs is 1. The molecule has 2 aromatic carbocycles. The van der Waals surface area contributed by atoms with Crippen molar-refractivity contribution in [2.45, 2.75) is 6.92 Å². The molecule has 0 spiro atoms. The lowest BCUT2D eigenvalue weighted by atomic mass is 10.0. The molecular weight excluding hydrogens is 454 g/mol. The van der Waals surface area contributed by atoms with E-state index in [-0.39, 0.29) is 11.6 Å². The van der Waals surface area contributed by atoms with Gasteiger partial charge in [0.15, 0.2) is 5.69 Å². The van der Waals surface area contributed by atoms with Crippen LogP contribution in [-0.4, -0.2) is 28.7 Å². The van der Waals surface area contributed by atoms with E-state index in [1.807, 2.05) is 48.5 Å². The minimum atomic E-state index is -0.440. The molecule has 2 heterocycles. The van der Waals surface area contributed by atoms with Crippen LogP contribution in [0.1, 0.15) is 27.1 Å². The van der Waals surface area contributed by atoms with Crippen LogP contribution < -0.4 is 5.32 Å². The standard InChI is InChI=1S/C21H16BrN3O3S/c1-2-28-21(27)19-15-8-5-13(11-16(15)24-25-19)12-3-6-14(7-4-12)23-20(26)17-9-10-18(22)29-17/h3-11H,2H2,1H3,(H,23,26)(H,24,25). The molecule has 8 heteroatoms. The molecule has 146 valence electrons. The molecular formula is C21H16BrN3O3S. The number of aromatic nitrogens is 2. The summed E-state index contributed by atoms with van der Waals surface area (Å²) in [5.41, 5.74) is 3.71. The van der Waals surface area contributed by atoms with Gasteiger partial charge in [-0.25, -0.2) is 4.79 Å². The van der Waals surface area contributed by atoms with Crippen LogP contribution in [0.15, 0.2) is 58.4 Å². The first-order valence-electron chi connectivity index (χ1n) is 8.87. The minimum absolute atomic E-state index is 0.140. The predicted molar refractivity (Wildman–Crippen MR) is 117 cm³/mol. The predicted octanol–water partition coefficient (Wildman–Crippen LogP) is 5.48. The third kappa shape index (κ3) is 4.08. The van der Waals surface area contributed by atoms with E-state index >= 15 is 0 Å². The Bertz CT molecular complexity index is 1200. The van der Waals surface area contributed by atoms with E-state index < -0.39 is 5.97 Å². The van der Waals surface area contributed by atoms with Crippen LogP contribution in [-0.2, 0) is 4.74 Å². The molecule has 0 aliphatic carbocycles. The van der Waals surface area contributed by atoms with Gasteiger partial charge in [0, 0.05) is 11.1 Å². The second-order valence-electron chi connectivity index (χ2n) is 6.19. The number of thiophene rings is 1. The van der Waals surface area contributed by atoms with Crippen molar-refractivity contribution in [3.63, 3.8) is 0 Å². The van der Waals surface area contributed by atoms with E-state index in [0.717, 1.165) is 31.5 Å². The van der Waals surface area contributed by atoms with Gasteiger partial charge in [0.2, 0.25) is 0 Å². The molecule has 4 rings (SSSR count). The van der Waals surface area contributed by atoms with Gasteiger partial charge in [-0.3, -0.25) is 9.89 Å². The summed E-state index contributed by atoms with van der Waals surface area (Å²) in [7, 11) is 0. The summed E-state index contributed by atoms with van der Waals surface area (Å²) in [6, 6.07) is 16.9. The van der Waals surface area contributed by atoms with Gasteiger partial charge in [-0.05, 0) is 70.4 Å². The van der Waals surface area contributed by atoms with Crippen LogP contribution in [0.5, 0.6) is 0 Å². The summed E-state index contributed by atoms with van der Waals surface area (Å²) in [5.74, 6) is -0.580. The SMILES string of the molecule is CCOC(=O)c1n[nH]c2cc(-c3ccc(NC(=O)c4ccc(Br)s4)cc3)ccc12. The van der Waals surface area contributed by atoms with Crippen LogP contribution in [0, 0.1) is 0 Å². The average molecular weight is 470 g/mol. The lowest BCUT2D eigenvalue weighted by molar-refractivity contribution is 0.0521. The van der Waals surface area contributed by atoms with Gasteiger partial charge in [0.25, 0.3) is 5.91 Å². The lowest BCUT2D eigenvalue weighted by Gasteiger charge is -2.06. The number of esters is 1. The molecule has 6 nitrogen and oxygen atoms in total. The smallest absolute Gasteiger partial charge is 0.359 e. The molecule has 4 aromatic rings. The van der Waals surface area contributed by atoms with E-state index in [4.69, 9.17) is 4.74 Å². The zero-order valence-electron chi connectivity index (χ0n) is 15.4. The van der Waals surface area contributed by atoms with Crippen molar-refractivity contribution in [2.24, 2.45) is 0 Å². The second kappa shape index (κ2) is 8.18. The Labute approximate surface area is 179 Å². The van der Waals surface area contributed by atoms with Crippen LogP contribution in [0.25, 0.3) is 22.0 Å². The lowest BCUT2D eigenvalue weighted by Crippen LogP contribution is -2.09. The monoisotopic (exact) mass is 469 g/mol. The van der Waals surface area contributed by atoms with Gasteiger partial charge in [-0.1, -0.05) is 18.2 Å². The number of benzene rings is 2. The van der Waals surface area contributed by atoms with Gasteiger partial charge >= 0.3 is 5.97 Å². The molecule has 0 saturated heterocycles. The number of halogens is 1. The quantitative estimate of drug-likeness (QED) is 0.378. The highest BCUT2D eigenvalue weighted by molar-refractivity contribution is 9.11. The van der Waals surface area contributed by atoms with E-state index in [1.54, 1.807) is 13.0 Å². The highest BCUT2D eigenvalue weighted by atomic mass is 79.9. The first-order chi connectivity index (χ1) is 14.0. The highest BCUT2D eigenvalue weighted by Crippen LogP contribution is 2.27. The fourth-order valence-electron chi connectivity index (χ4n) is 2.93. The fourth-order valence-corrected chi connectivity index (χ4v) is 4.21. The Kier molecular flexibility index (Phi) is 5.46. The van der Waals surface area contributed by atoms with Gasteiger partial charge in [0.1, 0.15) is 0 Å². The highest BCUT2D eigenvalue weighted by Gasteiger charge is 2.15. The Balaban J connectivity index is 1.53. The number of carbonyl (C=O) groups is 2. The Morgan fingerprint density at radius 1 is 1.10 bits per heavy atom. The maximum absolute atomic E-state index is 12.3. The van der Waals surface area contributed by atoms with Crippen molar-refractivity contribution in [1.29, 1.82) is 0 Å². The molecule has 0 saturated carbocycles. The first kappa shape index (κ1) is 19.4. The largest absolute Gasteiger partial charge is 0.461 e. The van der Waals surface area contributed by atoms with Gasteiger partial charge in [0.05, 0.1) is 20.8 Å². The van der Waals surface area contributed by atoms with Crippen molar-refractivity contribution >= 4 is 55.7 Å². The minimum Gasteiger partial charge on any atom is -0.461 e. The number of hydrogen-bond acceptors (Lipinski definition) is 5. The zero-order valence-corrected chi connectivity index (χ0v) is 17.8. The second-order valence-corrected chi connectivity index (χ2v) is 8.65. The van der Waals surface area contributed by atoms with E-state index in [9.17, 15) is 9.59 Å². The van der Waals surface area contributed by atoms with Crippen LogP contribution >= 0.6 is 27.3 Å². The number of H-pyrrole nitrogens is 1. The Hall–Kier alpha value is -2.97. The summed E-state index contributed by atoms with van der Waals surface area (Å²) in [6.07, 6.45) is 0. The summed E-state index contributed by atoms with van der Waals surface area (Å²) in [6.45, 7) is 2.06. The molecule has 0 aliphatic rings. The molecule has 0 unspecified atom stereocenters. The average Bonchev–Trinajstić information content (AvgIpc) is 3.34. The molecule has 0 fully saturated rings. The molecule has 0 aliphatic heterocycles. The maximum Gasteiger partial charge on any atom is 0.359 e. The number of aromatic amines is 1. The molecule has 29 heavy (non-hydrogen) atoms. The number of nitrogens with zero attached hydrogens (tertiary/aromatic N) is 1. The summed E-state index contributed by atoms with van der Waals surface area (Å²) >= 11 is 4.75. The number of amides is 1. The Morgan fingerprint density at radius 2 is 1.86 bits per heavy atom. The molecule has 2 N–H and O–H groups in total. The van der Waals surface area contributed by atoms with Crippen LogP contribution in [0.3, 0.4) is 0 Å². The topological polar surface area (TPSA) is 84.1 Å². The molecule has 0 radical (unpaired) electrons. The van der Waals surface area contributed by atoms with Gasteiger partial charge in [-0.2, -0.15) is 5.10 Å². The number of rotatable bonds is 5. The van der Waals surface area contributed by atoms with Crippen molar-refractivity contribution in [2.75, 3.05) is 11.9 Å². The third-order valence-electron chi connectivity index (χ3n) is 4.30. The molecule has 0 atom stereocenters. The van der Waals surface area contributed by atoms with E-state index in [1.165, 1.54) is 11.3 Å². The maximum atomic E-state index is 12.3. The number of ether oxygens (including phenoxy) is 1. The van der Waals surface area contributed by atoms with Crippen molar-refractivity contribution < 1.29 is 14.3 Å². The summed E-state index contributed by atoms with van der Waals surface area (Å²) in [5, 5.41) is 10.6. The number of carbonyl (C=O) groups excluding carboxylic acids is 2. The first-order valence-corrected chi connectivity index (χ1v) is 10.5.